The van der Waals surface area contributed by atoms with Crippen LogP contribution in [-0.2, 0) is 11.3 Å². The average Bonchev–Trinajstić information content (AvgIpc) is 2.59. The van der Waals surface area contributed by atoms with Gasteiger partial charge in [-0.05, 0) is 19.1 Å². The molecule has 0 saturated carbocycles. The summed E-state index contributed by atoms with van der Waals surface area (Å²) < 4.78 is 1.22. The summed E-state index contributed by atoms with van der Waals surface area (Å²) in [7, 11) is 0. The minimum atomic E-state index is -0.423. The normalized spacial score (nSPS) is 10.4. The van der Waals surface area contributed by atoms with E-state index in [1.165, 1.54) is 23.0 Å². The first-order valence-corrected chi connectivity index (χ1v) is 7.74. The number of amides is 1. The highest BCUT2D eigenvalue weighted by atomic mass is 16.3. The predicted molar refractivity (Wildman–Crippen MR) is 95.4 cm³/mol. The molecule has 0 atom stereocenters. The van der Waals surface area contributed by atoms with Crippen molar-refractivity contribution in [3.8, 4) is 17.0 Å². The van der Waals surface area contributed by atoms with Crippen LogP contribution in [0.25, 0.3) is 11.3 Å². The zero-order chi connectivity index (χ0) is 17.8. The molecule has 2 N–H and O–H groups in total. The fourth-order valence-electron chi connectivity index (χ4n) is 2.35. The molecule has 0 fully saturated rings. The lowest BCUT2D eigenvalue weighted by molar-refractivity contribution is -0.116. The van der Waals surface area contributed by atoms with Crippen LogP contribution in [0.15, 0.2) is 65.7 Å². The Kier molecular flexibility index (Phi) is 4.61. The number of hydrogen-bond donors (Lipinski definition) is 2. The number of aromatic hydroxyl groups is 1. The van der Waals surface area contributed by atoms with E-state index in [0.717, 1.165) is 11.1 Å². The lowest BCUT2D eigenvalue weighted by atomic mass is 10.1. The van der Waals surface area contributed by atoms with Gasteiger partial charge in [0.15, 0.2) is 0 Å². The van der Waals surface area contributed by atoms with Crippen LogP contribution in [0.4, 0.5) is 5.69 Å². The number of para-hydroxylation sites is 2. The zero-order valence-corrected chi connectivity index (χ0v) is 13.6. The van der Waals surface area contributed by atoms with Crippen LogP contribution in [0.1, 0.15) is 5.56 Å². The number of nitrogens with one attached hydrogen (secondary N) is 1. The molecule has 1 heterocycles. The van der Waals surface area contributed by atoms with Crippen molar-refractivity contribution >= 4 is 11.6 Å². The summed E-state index contributed by atoms with van der Waals surface area (Å²) in [6.07, 6.45) is 1.35. The number of anilines is 1. The molecule has 25 heavy (non-hydrogen) atoms. The van der Waals surface area contributed by atoms with Crippen molar-refractivity contribution in [3.63, 3.8) is 0 Å². The molecule has 6 nitrogen and oxygen atoms in total. The van der Waals surface area contributed by atoms with E-state index in [1.54, 1.807) is 18.2 Å². The van der Waals surface area contributed by atoms with Crippen LogP contribution in [0, 0.1) is 6.92 Å². The van der Waals surface area contributed by atoms with Gasteiger partial charge in [-0.15, -0.1) is 0 Å². The maximum Gasteiger partial charge on any atom is 0.254 e. The van der Waals surface area contributed by atoms with Gasteiger partial charge in [0, 0.05) is 11.6 Å². The minimum absolute atomic E-state index is 0.0314. The second-order valence-corrected chi connectivity index (χ2v) is 5.67. The van der Waals surface area contributed by atoms with Gasteiger partial charge in [-0.3, -0.25) is 14.2 Å². The van der Waals surface area contributed by atoms with Crippen molar-refractivity contribution in [2.45, 2.75) is 13.5 Å². The van der Waals surface area contributed by atoms with E-state index in [2.05, 4.69) is 10.3 Å². The first-order valence-electron chi connectivity index (χ1n) is 7.74. The van der Waals surface area contributed by atoms with Crippen LogP contribution >= 0.6 is 0 Å². The van der Waals surface area contributed by atoms with Gasteiger partial charge in [-0.2, -0.15) is 0 Å². The van der Waals surface area contributed by atoms with Gasteiger partial charge >= 0.3 is 0 Å². The molecule has 0 aliphatic heterocycles. The number of phenolic OH excluding ortho intramolecular Hbond substituents is 1. The van der Waals surface area contributed by atoms with Crippen LogP contribution in [0.3, 0.4) is 0 Å². The maximum atomic E-state index is 12.2. The summed E-state index contributed by atoms with van der Waals surface area (Å²) in [5.74, 6) is -0.454. The Labute approximate surface area is 144 Å². The molecule has 1 aromatic heterocycles. The lowest BCUT2D eigenvalue weighted by Crippen LogP contribution is -2.27. The van der Waals surface area contributed by atoms with Gasteiger partial charge in [-0.25, -0.2) is 4.98 Å². The molecule has 3 aromatic rings. The Hall–Kier alpha value is -3.41. The van der Waals surface area contributed by atoms with E-state index in [4.69, 9.17) is 0 Å². The van der Waals surface area contributed by atoms with Crippen molar-refractivity contribution in [1.29, 1.82) is 0 Å². The zero-order valence-electron chi connectivity index (χ0n) is 13.6. The molecule has 1 amide bonds. The molecule has 6 heteroatoms. The summed E-state index contributed by atoms with van der Waals surface area (Å²) >= 11 is 0. The SMILES string of the molecule is Cc1ccc(-c2cc(=O)n(CC(=O)Nc3ccccc3O)cn2)cc1. The summed E-state index contributed by atoms with van der Waals surface area (Å²) in [4.78, 5) is 28.5. The number of carbonyl (C=O) groups is 1. The van der Waals surface area contributed by atoms with Crippen molar-refractivity contribution in [1.82, 2.24) is 9.55 Å². The van der Waals surface area contributed by atoms with E-state index in [1.807, 2.05) is 31.2 Å². The summed E-state index contributed by atoms with van der Waals surface area (Å²) in [6, 6.07) is 15.5. The molecule has 2 aromatic carbocycles. The molecule has 126 valence electrons. The van der Waals surface area contributed by atoms with Crippen LogP contribution < -0.4 is 10.9 Å². The van der Waals surface area contributed by atoms with Crippen LogP contribution in [0.5, 0.6) is 5.75 Å². The monoisotopic (exact) mass is 335 g/mol. The van der Waals surface area contributed by atoms with Gasteiger partial charge in [-0.1, -0.05) is 42.0 Å². The summed E-state index contributed by atoms with van der Waals surface area (Å²) in [5, 5.41) is 12.2. The molecule has 0 aliphatic rings. The lowest BCUT2D eigenvalue weighted by Gasteiger charge is -2.09. The number of aromatic nitrogens is 2. The molecular weight excluding hydrogens is 318 g/mol. The van der Waals surface area contributed by atoms with Gasteiger partial charge in [0.1, 0.15) is 12.3 Å². The number of aryl methyl sites for hydroxylation is 1. The quantitative estimate of drug-likeness (QED) is 0.718. The van der Waals surface area contributed by atoms with Gasteiger partial charge in [0.2, 0.25) is 5.91 Å². The number of hydrogen-bond acceptors (Lipinski definition) is 4. The average molecular weight is 335 g/mol. The number of rotatable bonds is 4. The highest BCUT2D eigenvalue weighted by Crippen LogP contribution is 2.21. The topological polar surface area (TPSA) is 84.2 Å². The van der Waals surface area contributed by atoms with Crippen LogP contribution in [0.2, 0.25) is 0 Å². The molecule has 0 saturated heterocycles. The first-order chi connectivity index (χ1) is 12.0. The Morgan fingerprint density at radius 1 is 1.16 bits per heavy atom. The molecule has 3 rings (SSSR count). The molecule has 0 aliphatic carbocycles. The third kappa shape index (κ3) is 3.92. The number of phenols is 1. The Morgan fingerprint density at radius 3 is 2.56 bits per heavy atom. The number of benzene rings is 2. The van der Waals surface area contributed by atoms with Gasteiger partial charge < -0.3 is 10.4 Å². The summed E-state index contributed by atoms with van der Waals surface area (Å²) in [5.41, 5.74) is 2.50. The number of carbonyl (C=O) groups excluding carboxylic acids is 1. The maximum absolute atomic E-state index is 12.2. The van der Waals surface area contributed by atoms with E-state index in [9.17, 15) is 14.7 Å². The first kappa shape index (κ1) is 16.4. The van der Waals surface area contributed by atoms with Gasteiger partial charge in [0.05, 0.1) is 17.7 Å². The fourth-order valence-corrected chi connectivity index (χ4v) is 2.35. The molecule has 0 bridgehead atoms. The largest absolute Gasteiger partial charge is 0.506 e. The number of nitrogens with zero attached hydrogens (tertiary/aromatic N) is 2. The highest BCUT2D eigenvalue weighted by Gasteiger charge is 2.09. The van der Waals surface area contributed by atoms with Crippen molar-refractivity contribution in [2.75, 3.05) is 5.32 Å². The van der Waals surface area contributed by atoms with Crippen LogP contribution in [-0.4, -0.2) is 20.6 Å². The molecule has 0 unspecified atom stereocenters. The Bertz CT molecular complexity index is 962. The second-order valence-electron chi connectivity index (χ2n) is 5.67. The third-order valence-corrected chi connectivity index (χ3v) is 3.72. The molecular formula is C19H17N3O3. The molecule has 0 spiro atoms. The summed E-state index contributed by atoms with van der Waals surface area (Å²) in [6.45, 7) is 1.80. The standard InChI is InChI=1S/C19H17N3O3/c1-13-6-8-14(9-7-13)16-10-19(25)22(12-20-16)11-18(24)21-15-4-2-3-5-17(15)23/h2-10,12,23H,11H2,1H3,(H,21,24). The predicted octanol–water partition coefficient (Wildman–Crippen LogP) is 2.56. The van der Waals surface area contributed by atoms with E-state index < -0.39 is 5.91 Å². The Balaban J connectivity index is 1.75. The van der Waals surface area contributed by atoms with Gasteiger partial charge in [0.25, 0.3) is 5.56 Å². The fraction of sp³-hybridized carbons (Fsp3) is 0.105. The van der Waals surface area contributed by atoms with Crippen molar-refractivity contribution in [2.24, 2.45) is 0 Å². The second kappa shape index (κ2) is 7.00. The highest BCUT2D eigenvalue weighted by molar-refractivity contribution is 5.92. The van der Waals surface area contributed by atoms with E-state index >= 15 is 0 Å². The third-order valence-electron chi connectivity index (χ3n) is 3.72. The smallest absolute Gasteiger partial charge is 0.254 e. The van der Waals surface area contributed by atoms with Crippen molar-refractivity contribution in [3.05, 3.63) is 76.8 Å². The van der Waals surface area contributed by atoms with E-state index in [0.29, 0.717) is 11.4 Å². The van der Waals surface area contributed by atoms with E-state index in [-0.39, 0.29) is 17.9 Å². The molecule has 0 radical (unpaired) electrons. The Morgan fingerprint density at radius 2 is 1.88 bits per heavy atom. The van der Waals surface area contributed by atoms with Crippen molar-refractivity contribution < 1.29 is 9.90 Å². The minimum Gasteiger partial charge on any atom is -0.506 e.